The number of hydrogen-bond donors (Lipinski definition) is 1. The number of nitrogens with one attached hydrogen (secondary N) is 1. The molecule has 1 aromatic rings. The van der Waals surface area contributed by atoms with E-state index < -0.39 is 0 Å². The molecule has 0 unspecified atom stereocenters. The summed E-state index contributed by atoms with van der Waals surface area (Å²) in [6.45, 7) is 5.46. The van der Waals surface area contributed by atoms with Crippen LogP contribution in [-0.2, 0) is 11.3 Å². The number of ether oxygens (including phenoxy) is 2. The Morgan fingerprint density at radius 1 is 1.24 bits per heavy atom. The Balaban J connectivity index is 0.00000256. The largest absolute Gasteiger partial charge is 0.496 e. The molecule has 0 saturated heterocycles. The molecule has 0 spiro atoms. The molecule has 4 heteroatoms. The number of methoxy groups -OCH3 is 1. The van der Waals surface area contributed by atoms with Crippen LogP contribution in [-0.4, -0.2) is 26.9 Å². The first-order valence-corrected chi connectivity index (χ1v) is 5.78. The van der Waals surface area contributed by atoms with E-state index in [4.69, 9.17) is 9.47 Å². The SMILES string of the molecule is CCOCCCNCc1ccccc1OC.Cl. The van der Waals surface area contributed by atoms with Crippen molar-refractivity contribution in [3.8, 4) is 5.75 Å². The lowest BCUT2D eigenvalue weighted by molar-refractivity contribution is 0.144. The Morgan fingerprint density at radius 3 is 2.71 bits per heavy atom. The normalized spacial score (nSPS) is 9.76. The van der Waals surface area contributed by atoms with Gasteiger partial charge in [0.2, 0.25) is 0 Å². The summed E-state index contributed by atoms with van der Waals surface area (Å²) >= 11 is 0. The standard InChI is InChI=1S/C13H21NO2.ClH/c1-3-16-10-6-9-14-11-12-7-4-5-8-13(12)15-2;/h4-5,7-8,14H,3,6,9-11H2,1-2H3;1H. The molecule has 1 N–H and O–H groups in total. The van der Waals surface area contributed by atoms with E-state index in [-0.39, 0.29) is 12.4 Å². The summed E-state index contributed by atoms with van der Waals surface area (Å²) in [5.74, 6) is 0.944. The highest BCUT2D eigenvalue weighted by Crippen LogP contribution is 2.16. The van der Waals surface area contributed by atoms with E-state index in [0.717, 1.165) is 38.5 Å². The molecular formula is C13H22ClNO2. The second-order valence-corrected chi connectivity index (χ2v) is 3.54. The van der Waals surface area contributed by atoms with Gasteiger partial charge in [0.25, 0.3) is 0 Å². The van der Waals surface area contributed by atoms with Crippen LogP contribution in [0.4, 0.5) is 0 Å². The van der Waals surface area contributed by atoms with Crippen molar-refractivity contribution in [2.24, 2.45) is 0 Å². The summed E-state index contributed by atoms with van der Waals surface area (Å²) in [6.07, 6.45) is 1.04. The van der Waals surface area contributed by atoms with Crippen molar-refractivity contribution in [2.75, 3.05) is 26.9 Å². The molecule has 1 aromatic carbocycles. The molecule has 3 nitrogen and oxygen atoms in total. The highest BCUT2D eigenvalue weighted by atomic mass is 35.5. The zero-order valence-electron chi connectivity index (χ0n) is 10.6. The van der Waals surface area contributed by atoms with E-state index in [1.807, 2.05) is 25.1 Å². The van der Waals surface area contributed by atoms with Gasteiger partial charge >= 0.3 is 0 Å². The molecule has 0 radical (unpaired) electrons. The van der Waals surface area contributed by atoms with Gasteiger partial charge < -0.3 is 14.8 Å². The Labute approximate surface area is 110 Å². The van der Waals surface area contributed by atoms with Crippen LogP contribution in [0.5, 0.6) is 5.75 Å². The van der Waals surface area contributed by atoms with E-state index >= 15 is 0 Å². The maximum atomic E-state index is 5.28. The minimum atomic E-state index is 0. The van der Waals surface area contributed by atoms with E-state index in [0.29, 0.717) is 0 Å². The summed E-state index contributed by atoms with van der Waals surface area (Å²) in [6, 6.07) is 8.07. The highest BCUT2D eigenvalue weighted by molar-refractivity contribution is 5.85. The van der Waals surface area contributed by atoms with Crippen LogP contribution in [0.1, 0.15) is 18.9 Å². The van der Waals surface area contributed by atoms with Crippen LogP contribution in [0.2, 0.25) is 0 Å². The third-order valence-electron chi connectivity index (χ3n) is 2.35. The minimum absolute atomic E-state index is 0. The Bertz CT molecular complexity index is 295. The van der Waals surface area contributed by atoms with Crippen LogP contribution < -0.4 is 10.1 Å². The van der Waals surface area contributed by atoms with Gasteiger partial charge in [-0.3, -0.25) is 0 Å². The molecule has 98 valence electrons. The molecule has 1 rings (SSSR count). The van der Waals surface area contributed by atoms with Crippen LogP contribution in [0, 0.1) is 0 Å². The first-order chi connectivity index (χ1) is 7.88. The second-order valence-electron chi connectivity index (χ2n) is 3.54. The zero-order chi connectivity index (χ0) is 11.6. The monoisotopic (exact) mass is 259 g/mol. The Hall–Kier alpha value is -0.770. The fourth-order valence-corrected chi connectivity index (χ4v) is 1.52. The number of rotatable bonds is 8. The Morgan fingerprint density at radius 2 is 2.00 bits per heavy atom. The van der Waals surface area contributed by atoms with Crippen molar-refractivity contribution in [3.05, 3.63) is 29.8 Å². The van der Waals surface area contributed by atoms with Crippen LogP contribution in [0.15, 0.2) is 24.3 Å². The average Bonchev–Trinajstić information content (AvgIpc) is 2.34. The lowest BCUT2D eigenvalue weighted by Crippen LogP contribution is -2.16. The minimum Gasteiger partial charge on any atom is -0.496 e. The van der Waals surface area contributed by atoms with Gasteiger partial charge in [0.05, 0.1) is 7.11 Å². The smallest absolute Gasteiger partial charge is 0.123 e. The van der Waals surface area contributed by atoms with E-state index in [1.165, 1.54) is 5.56 Å². The molecule has 0 atom stereocenters. The zero-order valence-corrected chi connectivity index (χ0v) is 11.4. The average molecular weight is 260 g/mol. The summed E-state index contributed by atoms with van der Waals surface area (Å²) in [4.78, 5) is 0. The Kier molecular flexibility index (Phi) is 9.92. The predicted octanol–water partition coefficient (Wildman–Crippen LogP) is 2.63. The molecule has 0 aliphatic carbocycles. The van der Waals surface area contributed by atoms with Crippen molar-refractivity contribution in [2.45, 2.75) is 19.9 Å². The molecular weight excluding hydrogens is 238 g/mol. The molecule has 0 bridgehead atoms. The van der Waals surface area contributed by atoms with Gasteiger partial charge in [-0.25, -0.2) is 0 Å². The molecule has 0 amide bonds. The molecule has 0 fully saturated rings. The topological polar surface area (TPSA) is 30.5 Å². The number of hydrogen-bond acceptors (Lipinski definition) is 3. The maximum Gasteiger partial charge on any atom is 0.123 e. The van der Waals surface area contributed by atoms with Gasteiger partial charge in [-0.1, -0.05) is 18.2 Å². The van der Waals surface area contributed by atoms with Crippen LogP contribution in [0.25, 0.3) is 0 Å². The summed E-state index contributed by atoms with van der Waals surface area (Å²) < 4.78 is 10.5. The summed E-state index contributed by atoms with van der Waals surface area (Å²) in [5.41, 5.74) is 1.20. The van der Waals surface area contributed by atoms with Crippen molar-refractivity contribution < 1.29 is 9.47 Å². The number of benzene rings is 1. The molecule has 17 heavy (non-hydrogen) atoms. The predicted molar refractivity (Wildman–Crippen MR) is 73.1 cm³/mol. The van der Waals surface area contributed by atoms with Crippen molar-refractivity contribution in [1.82, 2.24) is 5.32 Å². The lowest BCUT2D eigenvalue weighted by atomic mass is 10.2. The van der Waals surface area contributed by atoms with Crippen molar-refractivity contribution in [3.63, 3.8) is 0 Å². The van der Waals surface area contributed by atoms with E-state index in [1.54, 1.807) is 7.11 Å². The van der Waals surface area contributed by atoms with Crippen molar-refractivity contribution in [1.29, 1.82) is 0 Å². The van der Waals surface area contributed by atoms with Crippen LogP contribution >= 0.6 is 12.4 Å². The van der Waals surface area contributed by atoms with Gasteiger partial charge in [0.15, 0.2) is 0 Å². The molecule has 0 aliphatic heterocycles. The van der Waals surface area contributed by atoms with Gasteiger partial charge in [-0.15, -0.1) is 12.4 Å². The summed E-state index contributed by atoms with van der Waals surface area (Å²) in [7, 11) is 1.70. The highest BCUT2D eigenvalue weighted by Gasteiger charge is 1.99. The van der Waals surface area contributed by atoms with E-state index in [9.17, 15) is 0 Å². The van der Waals surface area contributed by atoms with E-state index in [2.05, 4.69) is 11.4 Å². The van der Waals surface area contributed by atoms with Gasteiger partial charge in [0, 0.05) is 25.3 Å². The number of halogens is 1. The van der Waals surface area contributed by atoms with Gasteiger partial charge in [-0.05, 0) is 26.0 Å². The quantitative estimate of drug-likeness (QED) is 0.728. The fourth-order valence-electron chi connectivity index (χ4n) is 1.52. The molecule has 0 aromatic heterocycles. The fraction of sp³-hybridized carbons (Fsp3) is 0.538. The first-order valence-electron chi connectivity index (χ1n) is 5.78. The lowest BCUT2D eigenvalue weighted by Gasteiger charge is -2.09. The molecule has 0 heterocycles. The molecule has 0 saturated carbocycles. The first kappa shape index (κ1) is 16.2. The van der Waals surface area contributed by atoms with Gasteiger partial charge in [0.1, 0.15) is 5.75 Å². The van der Waals surface area contributed by atoms with Crippen LogP contribution in [0.3, 0.4) is 0 Å². The molecule has 0 aliphatic rings. The van der Waals surface area contributed by atoms with Crippen molar-refractivity contribution >= 4 is 12.4 Å². The number of para-hydroxylation sites is 1. The third kappa shape index (κ3) is 6.51. The third-order valence-corrected chi connectivity index (χ3v) is 2.35. The van der Waals surface area contributed by atoms with Gasteiger partial charge in [-0.2, -0.15) is 0 Å². The summed E-state index contributed by atoms with van der Waals surface area (Å²) in [5, 5.41) is 3.38. The second kappa shape index (κ2) is 10.4. The maximum absolute atomic E-state index is 5.28.